The number of rotatable bonds is 9. The summed E-state index contributed by atoms with van der Waals surface area (Å²) < 4.78 is 0. The molecule has 0 bridgehead atoms. The Morgan fingerprint density at radius 1 is 0.714 bits per heavy atom. The quantitative estimate of drug-likeness (QED) is 0.520. The van der Waals surface area contributed by atoms with Gasteiger partial charge < -0.3 is 0 Å². The molecule has 2 aliphatic rings. The van der Waals surface area contributed by atoms with Crippen LogP contribution in [0.5, 0.6) is 0 Å². The van der Waals surface area contributed by atoms with Gasteiger partial charge in [0.15, 0.2) is 0 Å². The topological polar surface area (TPSA) is 78.8 Å². The number of benzene rings is 3. The van der Waals surface area contributed by atoms with Gasteiger partial charge in [0.1, 0.15) is 17.7 Å². The predicted octanol–water partition coefficient (Wildman–Crippen LogP) is 4.02. The number of carbonyl (C=O) groups excluding carboxylic acids is 3. The van der Waals surface area contributed by atoms with E-state index in [-0.39, 0.29) is 43.2 Å². The minimum absolute atomic E-state index is 0.00380. The second kappa shape index (κ2) is 9.99. The molecule has 5 rings (SSSR count). The van der Waals surface area contributed by atoms with Crippen LogP contribution in [0.4, 0.5) is 5.69 Å². The molecule has 1 N–H and O–H groups in total. The van der Waals surface area contributed by atoms with Gasteiger partial charge in [-0.05, 0) is 28.8 Å². The third-order valence-electron chi connectivity index (χ3n) is 6.16. The van der Waals surface area contributed by atoms with Gasteiger partial charge in [0, 0.05) is 31.4 Å². The Hall–Kier alpha value is -4.16. The zero-order valence-corrected chi connectivity index (χ0v) is 19.2. The summed E-state index contributed by atoms with van der Waals surface area (Å²) in [6.07, 6.45) is 0.0964. The van der Waals surface area contributed by atoms with E-state index in [1.165, 1.54) is 5.01 Å². The number of carbonyl (C=O) groups is 3. The van der Waals surface area contributed by atoms with Gasteiger partial charge >= 0.3 is 0 Å². The summed E-state index contributed by atoms with van der Waals surface area (Å²) in [5.74, 6) is -0.262. The van der Waals surface area contributed by atoms with Gasteiger partial charge in [-0.3, -0.25) is 19.4 Å². The second-order valence-electron chi connectivity index (χ2n) is 8.73. The van der Waals surface area contributed by atoms with Crippen LogP contribution in [0.3, 0.4) is 0 Å². The number of aliphatic imine (C=N–C) groups is 1. The second-order valence-corrected chi connectivity index (χ2v) is 8.73. The highest BCUT2D eigenvalue weighted by Gasteiger charge is 2.43. The van der Waals surface area contributed by atoms with E-state index >= 15 is 0 Å². The lowest BCUT2D eigenvalue weighted by atomic mass is 9.93. The van der Waals surface area contributed by atoms with Crippen molar-refractivity contribution in [3.8, 4) is 0 Å². The molecule has 0 unspecified atom stereocenters. The molecular weight excluding hydrogens is 438 g/mol. The summed E-state index contributed by atoms with van der Waals surface area (Å²) in [7, 11) is 0. The molecule has 3 aromatic carbocycles. The Balaban J connectivity index is 1.39. The molecule has 2 heterocycles. The predicted molar refractivity (Wildman–Crippen MR) is 135 cm³/mol. The number of anilines is 1. The smallest absolute Gasteiger partial charge is 0.272 e. The number of nitrogens with one attached hydrogen (secondary N) is 1. The number of allylic oxidation sites excluding steroid dienone is 1. The number of fused-ring (bicyclic) bond motifs is 1. The lowest BCUT2D eigenvalue weighted by molar-refractivity contribution is -0.118. The molecule has 2 aliphatic heterocycles. The molecule has 1 saturated heterocycles. The number of para-hydroxylation sites is 1. The van der Waals surface area contributed by atoms with Crippen LogP contribution in [0, 0.1) is 0 Å². The lowest BCUT2D eigenvalue weighted by Gasteiger charge is -2.17. The zero-order chi connectivity index (χ0) is 24.2. The Morgan fingerprint density at radius 2 is 1.23 bits per heavy atom. The largest absolute Gasteiger partial charge is 0.299 e. The van der Waals surface area contributed by atoms with E-state index in [1.807, 2.05) is 91.0 Å². The minimum atomic E-state index is -0.596. The van der Waals surface area contributed by atoms with Gasteiger partial charge in [0.05, 0.1) is 11.3 Å². The highest BCUT2D eigenvalue weighted by molar-refractivity contribution is 6.22. The van der Waals surface area contributed by atoms with Gasteiger partial charge in [0.2, 0.25) is 0 Å². The van der Waals surface area contributed by atoms with Crippen molar-refractivity contribution in [2.24, 2.45) is 4.99 Å². The van der Waals surface area contributed by atoms with Crippen LogP contribution < -0.4 is 10.4 Å². The van der Waals surface area contributed by atoms with Crippen LogP contribution in [0.1, 0.15) is 24.0 Å². The van der Waals surface area contributed by atoms with Crippen molar-refractivity contribution in [1.29, 1.82) is 0 Å². The molecule has 35 heavy (non-hydrogen) atoms. The summed E-state index contributed by atoms with van der Waals surface area (Å²) >= 11 is 0. The molecule has 6 nitrogen and oxygen atoms in total. The van der Waals surface area contributed by atoms with Crippen molar-refractivity contribution in [3.05, 3.63) is 113 Å². The van der Waals surface area contributed by atoms with Crippen molar-refractivity contribution in [2.45, 2.75) is 31.8 Å². The van der Waals surface area contributed by atoms with Gasteiger partial charge in [-0.1, -0.05) is 78.9 Å². The van der Waals surface area contributed by atoms with Crippen molar-refractivity contribution in [1.82, 2.24) is 5.43 Å². The summed E-state index contributed by atoms with van der Waals surface area (Å²) in [6.45, 7) is 0. The molecule has 0 aliphatic carbocycles. The molecule has 0 saturated carbocycles. The number of amides is 1. The highest BCUT2D eigenvalue weighted by Crippen LogP contribution is 2.33. The molecular formula is C29H25N3O3. The number of hydrogen-bond donors (Lipinski definition) is 1. The number of Topliss-reactive ketones (excluding diaryl/α,β-unsaturated/α-hetero) is 2. The normalized spacial score (nSPS) is 16.9. The maximum atomic E-state index is 13.4. The van der Waals surface area contributed by atoms with Gasteiger partial charge in [0.25, 0.3) is 5.91 Å². The zero-order valence-electron chi connectivity index (χ0n) is 19.2. The van der Waals surface area contributed by atoms with Crippen LogP contribution in [0.2, 0.25) is 0 Å². The third-order valence-corrected chi connectivity index (χ3v) is 6.16. The van der Waals surface area contributed by atoms with Crippen LogP contribution in [0.15, 0.2) is 107 Å². The van der Waals surface area contributed by atoms with E-state index in [0.29, 0.717) is 22.5 Å². The highest BCUT2D eigenvalue weighted by atomic mass is 16.2. The third kappa shape index (κ3) is 5.03. The molecule has 1 amide bonds. The lowest BCUT2D eigenvalue weighted by Crippen LogP contribution is -2.37. The first-order chi connectivity index (χ1) is 17.1. The Bertz CT molecular complexity index is 1320. The Morgan fingerprint density at radius 3 is 1.80 bits per heavy atom. The minimum Gasteiger partial charge on any atom is -0.299 e. The molecule has 174 valence electrons. The van der Waals surface area contributed by atoms with Crippen molar-refractivity contribution in [3.63, 3.8) is 0 Å². The SMILES string of the molecule is O=C(CC1=N[C@H]2NN(c3ccccc3)C(=O)C2=C1CC(=O)Cc1ccccc1)Cc1ccccc1. The van der Waals surface area contributed by atoms with Crippen LogP contribution >= 0.6 is 0 Å². The number of hydrogen-bond acceptors (Lipinski definition) is 5. The van der Waals surface area contributed by atoms with E-state index < -0.39 is 6.17 Å². The average molecular weight is 464 g/mol. The Labute approximate surface area is 204 Å². The maximum absolute atomic E-state index is 13.4. The van der Waals surface area contributed by atoms with Gasteiger partial charge in [-0.2, -0.15) is 5.43 Å². The first kappa shape index (κ1) is 22.6. The summed E-state index contributed by atoms with van der Waals surface area (Å²) in [4.78, 5) is 44.0. The van der Waals surface area contributed by atoms with Crippen LogP contribution in [-0.2, 0) is 27.2 Å². The monoisotopic (exact) mass is 463 g/mol. The first-order valence-corrected chi connectivity index (χ1v) is 11.7. The van der Waals surface area contributed by atoms with E-state index in [4.69, 9.17) is 4.99 Å². The van der Waals surface area contributed by atoms with E-state index in [9.17, 15) is 14.4 Å². The molecule has 0 spiro atoms. The molecule has 1 fully saturated rings. The van der Waals surface area contributed by atoms with Crippen molar-refractivity contribution in [2.75, 3.05) is 5.01 Å². The van der Waals surface area contributed by atoms with E-state index in [2.05, 4.69) is 5.43 Å². The number of hydrazine groups is 1. The molecule has 3 aromatic rings. The Kier molecular flexibility index (Phi) is 6.46. The summed E-state index contributed by atoms with van der Waals surface area (Å²) in [5, 5.41) is 1.47. The summed E-state index contributed by atoms with van der Waals surface area (Å²) in [5.41, 5.74) is 7.24. The fourth-order valence-corrected chi connectivity index (χ4v) is 4.53. The number of ketones is 2. The van der Waals surface area contributed by atoms with E-state index in [1.54, 1.807) is 0 Å². The van der Waals surface area contributed by atoms with Gasteiger partial charge in [-0.15, -0.1) is 0 Å². The number of nitrogens with zero attached hydrogens (tertiary/aromatic N) is 2. The molecule has 6 heteroatoms. The molecule has 0 radical (unpaired) electrons. The van der Waals surface area contributed by atoms with Crippen LogP contribution in [0.25, 0.3) is 0 Å². The average Bonchev–Trinajstić information content (AvgIpc) is 3.36. The van der Waals surface area contributed by atoms with Gasteiger partial charge in [-0.25, -0.2) is 5.01 Å². The van der Waals surface area contributed by atoms with Crippen molar-refractivity contribution < 1.29 is 14.4 Å². The fraction of sp³-hybridized carbons (Fsp3) is 0.172. The molecule has 1 atom stereocenters. The molecule has 0 aromatic heterocycles. The summed E-state index contributed by atoms with van der Waals surface area (Å²) in [6, 6.07) is 28.3. The maximum Gasteiger partial charge on any atom is 0.272 e. The first-order valence-electron chi connectivity index (χ1n) is 11.7. The standard InChI is InChI=1S/C29H25N3O3/c33-23(16-20-10-4-1-5-11-20)18-25-26(19-24(34)17-21-12-6-2-7-13-21)30-28-27(25)29(35)32(31-28)22-14-8-3-9-15-22/h1-15,28,31H,16-19H2/t28-/m0/s1. The van der Waals surface area contributed by atoms with Crippen molar-refractivity contribution >= 4 is 28.9 Å². The van der Waals surface area contributed by atoms with E-state index in [0.717, 1.165) is 11.1 Å². The fourth-order valence-electron chi connectivity index (χ4n) is 4.53. The van der Waals surface area contributed by atoms with Crippen LogP contribution in [-0.4, -0.2) is 29.4 Å².